The summed E-state index contributed by atoms with van der Waals surface area (Å²) in [7, 11) is -3.25. The van der Waals surface area contributed by atoms with Gasteiger partial charge in [0.15, 0.2) is 15.4 Å². The molecule has 0 radical (unpaired) electrons. The summed E-state index contributed by atoms with van der Waals surface area (Å²) in [6, 6.07) is 14.4. The minimum atomic E-state index is -3.25. The van der Waals surface area contributed by atoms with Gasteiger partial charge in [0, 0.05) is 35.7 Å². The van der Waals surface area contributed by atoms with E-state index >= 15 is 4.39 Å². The van der Waals surface area contributed by atoms with Gasteiger partial charge in [-0.15, -0.1) is 0 Å². The quantitative estimate of drug-likeness (QED) is 0.150. The van der Waals surface area contributed by atoms with Crippen molar-refractivity contribution in [3.8, 4) is 5.75 Å². The van der Waals surface area contributed by atoms with Gasteiger partial charge in [0.1, 0.15) is 36.1 Å². The number of nitrogens with zero attached hydrogens (tertiary/aromatic N) is 2. The molecule has 1 aromatic heterocycles. The van der Waals surface area contributed by atoms with Crippen LogP contribution in [0.3, 0.4) is 0 Å². The third kappa shape index (κ3) is 7.29. The Balaban J connectivity index is 1.41. The van der Waals surface area contributed by atoms with Crippen LogP contribution < -0.4 is 15.4 Å². The molecular formula is C33H35BrF2N4O4S. The first-order valence-corrected chi connectivity index (χ1v) is 17.2. The van der Waals surface area contributed by atoms with Crippen LogP contribution in [0.4, 0.5) is 20.3 Å². The number of ether oxygens (including phenoxy) is 2. The van der Waals surface area contributed by atoms with E-state index in [4.69, 9.17) is 9.47 Å². The molecule has 2 heterocycles. The Morgan fingerprint density at radius 1 is 1.11 bits per heavy atom. The highest BCUT2D eigenvalue weighted by Crippen LogP contribution is 2.42. The predicted molar refractivity (Wildman–Crippen MR) is 175 cm³/mol. The van der Waals surface area contributed by atoms with Crippen LogP contribution in [0.15, 0.2) is 77.7 Å². The van der Waals surface area contributed by atoms with Gasteiger partial charge in [-0.2, -0.15) is 0 Å². The molecule has 8 nitrogen and oxygen atoms in total. The van der Waals surface area contributed by atoms with E-state index < -0.39 is 26.5 Å². The van der Waals surface area contributed by atoms with Crippen molar-refractivity contribution in [3.05, 3.63) is 100 Å². The summed E-state index contributed by atoms with van der Waals surface area (Å²) in [6.45, 7) is 5.69. The summed E-state index contributed by atoms with van der Waals surface area (Å²) in [4.78, 5) is 8.75. The zero-order valence-electron chi connectivity index (χ0n) is 25.2. The molecule has 0 aliphatic carbocycles. The van der Waals surface area contributed by atoms with Crippen molar-refractivity contribution < 1.29 is 26.7 Å². The smallest absolute Gasteiger partial charge is 0.155 e. The number of rotatable bonds is 13. The van der Waals surface area contributed by atoms with Crippen molar-refractivity contribution in [2.75, 3.05) is 17.6 Å². The number of anilines is 2. The van der Waals surface area contributed by atoms with Crippen LogP contribution in [-0.2, 0) is 26.8 Å². The van der Waals surface area contributed by atoms with Crippen molar-refractivity contribution in [1.29, 1.82) is 0 Å². The minimum Gasteiger partial charge on any atom is -0.488 e. The van der Waals surface area contributed by atoms with Gasteiger partial charge >= 0.3 is 0 Å². The van der Waals surface area contributed by atoms with Crippen molar-refractivity contribution in [1.82, 2.24) is 15.3 Å². The first-order chi connectivity index (χ1) is 21.5. The maximum atomic E-state index is 15.9. The Morgan fingerprint density at radius 3 is 2.62 bits per heavy atom. The molecule has 0 saturated heterocycles. The predicted octanol–water partition coefficient (Wildman–Crippen LogP) is 7.31. The molecule has 45 heavy (non-hydrogen) atoms. The van der Waals surface area contributed by atoms with Gasteiger partial charge in [-0.3, -0.25) is 0 Å². The molecule has 2 unspecified atom stereocenters. The number of halogens is 3. The van der Waals surface area contributed by atoms with E-state index in [2.05, 4.69) is 36.5 Å². The fourth-order valence-electron chi connectivity index (χ4n) is 5.40. The zero-order chi connectivity index (χ0) is 32.2. The molecule has 238 valence electrons. The van der Waals surface area contributed by atoms with E-state index in [0.29, 0.717) is 56.6 Å². The fourth-order valence-corrected chi connectivity index (χ4v) is 6.77. The molecule has 0 bridgehead atoms. The molecule has 4 aromatic rings. The number of sulfone groups is 1. The van der Waals surface area contributed by atoms with E-state index in [0.717, 1.165) is 0 Å². The highest BCUT2D eigenvalue weighted by molar-refractivity contribution is 9.10. The lowest BCUT2D eigenvalue weighted by molar-refractivity contribution is -0.00140. The molecule has 1 aliphatic heterocycles. The molecule has 0 amide bonds. The second-order valence-corrected chi connectivity index (χ2v) is 14.7. The monoisotopic (exact) mass is 700 g/mol. The molecule has 0 fully saturated rings. The van der Waals surface area contributed by atoms with Gasteiger partial charge in [0.05, 0.1) is 33.3 Å². The van der Waals surface area contributed by atoms with Gasteiger partial charge in [-0.25, -0.2) is 27.2 Å². The molecule has 0 saturated carbocycles. The number of nitrogens with one attached hydrogen (secondary N) is 2. The van der Waals surface area contributed by atoms with Crippen LogP contribution in [0.25, 0.3) is 10.9 Å². The van der Waals surface area contributed by atoms with E-state index in [9.17, 15) is 12.8 Å². The van der Waals surface area contributed by atoms with Crippen LogP contribution in [0, 0.1) is 11.6 Å². The molecular weight excluding hydrogens is 666 g/mol. The number of fused-ring (bicyclic) bond motifs is 1. The second-order valence-electron chi connectivity index (χ2n) is 11.2. The summed E-state index contributed by atoms with van der Waals surface area (Å²) in [6.07, 6.45) is 5.74. The Morgan fingerprint density at radius 2 is 1.93 bits per heavy atom. The first kappa shape index (κ1) is 32.8. The van der Waals surface area contributed by atoms with Crippen LogP contribution in [-0.4, -0.2) is 42.0 Å². The molecule has 0 spiro atoms. The zero-order valence-corrected chi connectivity index (χ0v) is 27.6. The van der Waals surface area contributed by atoms with Crippen molar-refractivity contribution >= 4 is 48.2 Å². The Hall–Kier alpha value is -3.61. The average Bonchev–Trinajstić information content (AvgIpc) is 3.49. The van der Waals surface area contributed by atoms with Crippen LogP contribution >= 0.6 is 15.9 Å². The molecule has 1 aliphatic rings. The lowest BCUT2D eigenvalue weighted by atomic mass is 9.81. The molecule has 2 atom stereocenters. The summed E-state index contributed by atoms with van der Waals surface area (Å²) in [5.41, 5.74) is 1.05. The average molecular weight is 702 g/mol. The van der Waals surface area contributed by atoms with E-state index in [1.54, 1.807) is 44.4 Å². The largest absolute Gasteiger partial charge is 0.488 e. The maximum Gasteiger partial charge on any atom is 0.155 e. The standard InChI is InChI=1S/C33H35BrF2N4O4S/c1-4-31(37-12-14-45(41,42)21(2)3)33(11-6-13-44-33)26-17-25-29(18-28(26)36)38-20-39-32(25)40-24-9-10-30(27(34)16-24)43-19-22-7-5-8-23(35)15-22/h5-10,13,15-18,20-21,31,37H,4,11-12,14,19H2,1-3H3,(H,38,39,40). The van der Waals surface area contributed by atoms with Gasteiger partial charge in [0.25, 0.3) is 0 Å². The normalized spacial score (nSPS) is 17.0. The molecule has 3 aromatic carbocycles. The molecule has 5 rings (SSSR count). The Bertz CT molecular complexity index is 1810. The Kier molecular flexibility index (Phi) is 10.0. The van der Waals surface area contributed by atoms with Gasteiger partial charge in [0.2, 0.25) is 0 Å². The lowest BCUT2D eigenvalue weighted by Gasteiger charge is -2.38. The fraction of sp³-hybridized carbons (Fsp3) is 0.333. The van der Waals surface area contributed by atoms with Crippen molar-refractivity contribution in [3.63, 3.8) is 0 Å². The van der Waals surface area contributed by atoms with E-state index in [1.807, 2.05) is 25.1 Å². The van der Waals surface area contributed by atoms with E-state index in [1.165, 1.54) is 24.5 Å². The number of aromatic nitrogens is 2. The van der Waals surface area contributed by atoms with Gasteiger partial charge < -0.3 is 20.1 Å². The number of benzene rings is 3. The van der Waals surface area contributed by atoms with Crippen molar-refractivity contribution in [2.45, 2.75) is 57.1 Å². The molecule has 2 N–H and O–H groups in total. The highest BCUT2D eigenvalue weighted by atomic mass is 79.9. The highest BCUT2D eigenvalue weighted by Gasteiger charge is 2.45. The van der Waals surface area contributed by atoms with Crippen LogP contribution in [0.1, 0.15) is 44.7 Å². The number of hydrogen-bond donors (Lipinski definition) is 2. The summed E-state index contributed by atoms with van der Waals surface area (Å²) >= 11 is 3.55. The molecule has 12 heteroatoms. The third-order valence-corrected chi connectivity index (χ3v) is 10.7. The van der Waals surface area contributed by atoms with Crippen LogP contribution in [0.2, 0.25) is 0 Å². The number of hydrogen-bond acceptors (Lipinski definition) is 8. The van der Waals surface area contributed by atoms with Gasteiger partial charge in [-0.05, 0) is 84.2 Å². The lowest BCUT2D eigenvalue weighted by Crippen LogP contribution is -2.49. The van der Waals surface area contributed by atoms with Gasteiger partial charge in [-0.1, -0.05) is 19.1 Å². The van der Waals surface area contributed by atoms with E-state index in [-0.39, 0.29) is 30.8 Å². The third-order valence-electron chi connectivity index (χ3n) is 7.92. The van der Waals surface area contributed by atoms with Crippen LogP contribution in [0.5, 0.6) is 5.75 Å². The minimum absolute atomic E-state index is 0.0308. The summed E-state index contributed by atoms with van der Waals surface area (Å²) in [5.74, 6) is 0.209. The first-order valence-electron chi connectivity index (χ1n) is 14.7. The maximum absolute atomic E-state index is 15.9. The Labute approximate surface area is 270 Å². The second kappa shape index (κ2) is 13.8. The van der Waals surface area contributed by atoms with Crippen molar-refractivity contribution in [2.24, 2.45) is 0 Å². The SMILES string of the molecule is CCC(NCCS(=O)(=O)C(C)C)C1(c2cc3c(Nc4ccc(OCc5cccc(F)c5)c(Br)c4)ncnc3cc2F)CC=CO1. The summed E-state index contributed by atoms with van der Waals surface area (Å²) in [5, 5.41) is 6.74. The topological polar surface area (TPSA) is 102 Å². The summed E-state index contributed by atoms with van der Waals surface area (Å²) < 4.78 is 66.9.